The number of fused-ring (bicyclic) bond motifs is 1. The molecule has 0 amide bonds. The lowest BCUT2D eigenvalue weighted by molar-refractivity contribution is 0.443. The maximum absolute atomic E-state index is 5.97. The fourth-order valence-corrected chi connectivity index (χ4v) is 1.96. The highest BCUT2D eigenvalue weighted by atomic mass is 35.5. The molecule has 0 bridgehead atoms. The SMILES string of the molecule is Cc1cncn1Cc1noc2ccc(Cl)cc12. The van der Waals surface area contributed by atoms with Crippen LogP contribution in [0, 0.1) is 6.92 Å². The van der Waals surface area contributed by atoms with Gasteiger partial charge in [0.25, 0.3) is 0 Å². The van der Waals surface area contributed by atoms with Crippen molar-refractivity contribution in [1.29, 1.82) is 0 Å². The van der Waals surface area contributed by atoms with Crippen molar-refractivity contribution in [2.45, 2.75) is 13.5 Å². The number of hydrogen-bond acceptors (Lipinski definition) is 3. The zero-order chi connectivity index (χ0) is 11.8. The smallest absolute Gasteiger partial charge is 0.167 e. The molecule has 86 valence electrons. The molecule has 5 heteroatoms. The second-order valence-electron chi connectivity index (χ2n) is 3.93. The van der Waals surface area contributed by atoms with Crippen LogP contribution in [0.4, 0.5) is 0 Å². The Hall–Kier alpha value is -1.81. The molecular formula is C12H10ClN3O. The van der Waals surface area contributed by atoms with Gasteiger partial charge in [-0.25, -0.2) is 4.98 Å². The van der Waals surface area contributed by atoms with E-state index in [0.717, 1.165) is 22.4 Å². The van der Waals surface area contributed by atoms with Crippen LogP contribution in [0.1, 0.15) is 11.4 Å². The zero-order valence-corrected chi connectivity index (χ0v) is 9.98. The Kier molecular flexibility index (Phi) is 2.37. The Bertz CT molecular complexity index is 671. The van der Waals surface area contributed by atoms with Crippen molar-refractivity contribution in [1.82, 2.24) is 14.7 Å². The van der Waals surface area contributed by atoms with Gasteiger partial charge in [0.05, 0.1) is 12.9 Å². The first kappa shape index (κ1) is 10.4. The fourth-order valence-electron chi connectivity index (χ4n) is 1.79. The molecular weight excluding hydrogens is 238 g/mol. The molecule has 17 heavy (non-hydrogen) atoms. The van der Waals surface area contributed by atoms with E-state index in [2.05, 4.69) is 10.1 Å². The van der Waals surface area contributed by atoms with Gasteiger partial charge in [-0.05, 0) is 25.1 Å². The number of nitrogens with zero attached hydrogens (tertiary/aromatic N) is 3. The van der Waals surface area contributed by atoms with Crippen LogP contribution >= 0.6 is 11.6 Å². The number of hydrogen-bond donors (Lipinski definition) is 0. The van der Waals surface area contributed by atoms with Crippen LogP contribution < -0.4 is 0 Å². The van der Waals surface area contributed by atoms with Crippen molar-refractivity contribution in [2.75, 3.05) is 0 Å². The first-order chi connectivity index (χ1) is 8.24. The topological polar surface area (TPSA) is 43.9 Å². The summed E-state index contributed by atoms with van der Waals surface area (Å²) in [6.45, 7) is 2.64. The summed E-state index contributed by atoms with van der Waals surface area (Å²) in [5.41, 5.74) is 2.70. The van der Waals surface area contributed by atoms with Gasteiger partial charge in [0.15, 0.2) is 5.58 Å². The predicted molar refractivity (Wildman–Crippen MR) is 65.1 cm³/mol. The van der Waals surface area contributed by atoms with Gasteiger partial charge in [0, 0.05) is 22.3 Å². The number of aryl methyl sites for hydroxylation is 1. The first-order valence-corrected chi connectivity index (χ1v) is 5.62. The molecule has 3 rings (SSSR count). The zero-order valence-electron chi connectivity index (χ0n) is 9.22. The Morgan fingerprint density at radius 2 is 2.29 bits per heavy atom. The van der Waals surface area contributed by atoms with E-state index in [9.17, 15) is 0 Å². The number of rotatable bonds is 2. The minimum absolute atomic E-state index is 0.638. The standard InChI is InChI=1S/C12H10ClN3O/c1-8-5-14-7-16(8)6-11-10-4-9(13)2-3-12(10)17-15-11/h2-5,7H,6H2,1H3. The molecule has 0 atom stereocenters. The summed E-state index contributed by atoms with van der Waals surface area (Å²) < 4.78 is 7.26. The normalized spacial score (nSPS) is 11.2. The van der Waals surface area contributed by atoms with Gasteiger partial charge in [-0.2, -0.15) is 0 Å². The predicted octanol–water partition coefficient (Wildman–Crippen LogP) is 3.03. The summed E-state index contributed by atoms with van der Waals surface area (Å²) >= 11 is 5.97. The van der Waals surface area contributed by atoms with Crippen molar-refractivity contribution in [2.24, 2.45) is 0 Å². The molecule has 0 aliphatic rings. The second-order valence-corrected chi connectivity index (χ2v) is 4.37. The molecule has 4 nitrogen and oxygen atoms in total. The van der Waals surface area contributed by atoms with Crippen LogP contribution in [0.25, 0.3) is 11.0 Å². The van der Waals surface area contributed by atoms with Crippen LogP contribution in [0.3, 0.4) is 0 Å². The molecule has 0 fully saturated rings. The van der Waals surface area contributed by atoms with Crippen LogP contribution in [-0.2, 0) is 6.54 Å². The van der Waals surface area contributed by atoms with Gasteiger partial charge in [-0.1, -0.05) is 16.8 Å². The molecule has 0 N–H and O–H groups in total. The summed E-state index contributed by atoms with van der Waals surface area (Å²) in [5.74, 6) is 0. The van der Waals surface area contributed by atoms with Crippen LogP contribution in [0.2, 0.25) is 5.02 Å². The summed E-state index contributed by atoms with van der Waals surface area (Å²) in [6.07, 6.45) is 3.59. The molecule has 0 aliphatic carbocycles. The van der Waals surface area contributed by atoms with E-state index in [1.54, 1.807) is 12.4 Å². The van der Waals surface area contributed by atoms with E-state index >= 15 is 0 Å². The summed E-state index contributed by atoms with van der Waals surface area (Å²) in [6, 6.07) is 5.49. The van der Waals surface area contributed by atoms with E-state index in [1.165, 1.54) is 0 Å². The van der Waals surface area contributed by atoms with Crippen molar-refractivity contribution >= 4 is 22.6 Å². The molecule has 0 aliphatic heterocycles. The Morgan fingerprint density at radius 1 is 1.41 bits per heavy atom. The highest BCUT2D eigenvalue weighted by Gasteiger charge is 2.09. The molecule has 2 heterocycles. The van der Waals surface area contributed by atoms with Gasteiger partial charge in [0.1, 0.15) is 5.69 Å². The van der Waals surface area contributed by atoms with E-state index < -0.39 is 0 Å². The summed E-state index contributed by atoms with van der Waals surface area (Å²) in [5, 5.41) is 5.70. The average molecular weight is 248 g/mol. The minimum atomic E-state index is 0.638. The molecule has 0 radical (unpaired) electrons. The van der Waals surface area contributed by atoms with E-state index in [-0.39, 0.29) is 0 Å². The highest BCUT2D eigenvalue weighted by Crippen LogP contribution is 2.23. The lowest BCUT2D eigenvalue weighted by Gasteiger charge is -2.01. The molecule has 0 spiro atoms. The third-order valence-electron chi connectivity index (χ3n) is 2.75. The molecule has 0 saturated carbocycles. The monoisotopic (exact) mass is 247 g/mol. The van der Waals surface area contributed by atoms with E-state index in [4.69, 9.17) is 16.1 Å². The van der Waals surface area contributed by atoms with Crippen LogP contribution in [0.5, 0.6) is 0 Å². The summed E-state index contributed by atoms with van der Waals surface area (Å²) in [7, 11) is 0. The van der Waals surface area contributed by atoms with Gasteiger partial charge in [-0.3, -0.25) is 0 Å². The largest absolute Gasteiger partial charge is 0.356 e. The van der Waals surface area contributed by atoms with Gasteiger partial charge < -0.3 is 9.09 Å². The van der Waals surface area contributed by atoms with Gasteiger partial charge >= 0.3 is 0 Å². The Morgan fingerprint density at radius 3 is 3.06 bits per heavy atom. The third kappa shape index (κ3) is 1.80. The molecule has 0 saturated heterocycles. The minimum Gasteiger partial charge on any atom is -0.356 e. The Balaban J connectivity index is 2.06. The van der Waals surface area contributed by atoms with E-state index in [0.29, 0.717) is 11.6 Å². The number of benzene rings is 1. The first-order valence-electron chi connectivity index (χ1n) is 5.24. The van der Waals surface area contributed by atoms with Gasteiger partial charge in [-0.15, -0.1) is 0 Å². The van der Waals surface area contributed by atoms with Crippen LogP contribution in [-0.4, -0.2) is 14.7 Å². The average Bonchev–Trinajstić information content (AvgIpc) is 2.88. The molecule has 2 aromatic heterocycles. The third-order valence-corrected chi connectivity index (χ3v) is 2.98. The van der Waals surface area contributed by atoms with Gasteiger partial charge in [0.2, 0.25) is 0 Å². The van der Waals surface area contributed by atoms with E-state index in [1.807, 2.05) is 29.8 Å². The molecule has 0 unspecified atom stereocenters. The number of halogens is 1. The number of aromatic nitrogens is 3. The molecule has 3 aromatic rings. The van der Waals surface area contributed by atoms with Crippen molar-refractivity contribution < 1.29 is 4.52 Å². The summed E-state index contributed by atoms with van der Waals surface area (Å²) in [4.78, 5) is 4.08. The maximum atomic E-state index is 5.97. The number of imidazole rings is 1. The second kappa shape index (κ2) is 3.89. The highest BCUT2D eigenvalue weighted by molar-refractivity contribution is 6.31. The molecule has 1 aromatic carbocycles. The fraction of sp³-hybridized carbons (Fsp3) is 0.167. The Labute approximate surface area is 103 Å². The van der Waals surface area contributed by atoms with Crippen LogP contribution in [0.15, 0.2) is 35.2 Å². The van der Waals surface area contributed by atoms with Crippen molar-refractivity contribution in [3.8, 4) is 0 Å². The lowest BCUT2D eigenvalue weighted by atomic mass is 10.2. The quantitative estimate of drug-likeness (QED) is 0.699. The maximum Gasteiger partial charge on any atom is 0.167 e. The van der Waals surface area contributed by atoms with Crippen molar-refractivity contribution in [3.63, 3.8) is 0 Å². The lowest BCUT2D eigenvalue weighted by Crippen LogP contribution is -2.00. The van der Waals surface area contributed by atoms with Crippen molar-refractivity contribution in [3.05, 3.63) is 47.1 Å².